The molecule has 0 fully saturated rings. The Morgan fingerprint density at radius 2 is 2.00 bits per heavy atom. The maximum atomic E-state index is 12.9. The number of halogens is 1. The normalized spacial score (nSPS) is 14.9. The summed E-state index contributed by atoms with van der Waals surface area (Å²) in [6.45, 7) is 0.922. The second-order valence-electron chi connectivity index (χ2n) is 4.23. The third-order valence-electron chi connectivity index (χ3n) is 3.04. The zero-order valence-electron chi connectivity index (χ0n) is 9.37. The summed E-state index contributed by atoms with van der Waals surface area (Å²) in [6.07, 6.45) is 3.21. The zero-order valence-corrected chi connectivity index (χ0v) is 9.37. The molecule has 0 bridgehead atoms. The third kappa shape index (κ3) is 1.90. The Balaban J connectivity index is 2.03. The first kappa shape index (κ1) is 10.3. The molecule has 1 N–H and O–H groups in total. The molecule has 2 heterocycles. The van der Waals surface area contributed by atoms with Crippen molar-refractivity contribution >= 4 is 5.88 Å². The molecule has 0 unspecified atom stereocenters. The maximum Gasteiger partial charge on any atom is 0.228 e. The third-order valence-corrected chi connectivity index (χ3v) is 3.04. The van der Waals surface area contributed by atoms with Crippen LogP contribution in [0.3, 0.4) is 0 Å². The van der Waals surface area contributed by atoms with E-state index in [9.17, 15) is 4.39 Å². The SMILES string of the molecule is Fc1ccc(-c2noc3c2CCCCN3)cc1. The van der Waals surface area contributed by atoms with E-state index in [1.165, 1.54) is 12.1 Å². The summed E-state index contributed by atoms with van der Waals surface area (Å²) in [5.41, 5.74) is 2.84. The van der Waals surface area contributed by atoms with Crippen LogP contribution in [0.1, 0.15) is 18.4 Å². The van der Waals surface area contributed by atoms with Gasteiger partial charge in [0.1, 0.15) is 11.5 Å². The molecular formula is C13H13FN2O. The average Bonchev–Trinajstić information content (AvgIpc) is 2.60. The van der Waals surface area contributed by atoms with Crippen molar-refractivity contribution in [3.05, 3.63) is 35.6 Å². The van der Waals surface area contributed by atoms with Crippen LogP contribution in [0, 0.1) is 5.82 Å². The van der Waals surface area contributed by atoms with E-state index >= 15 is 0 Å². The average molecular weight is 232 g/mol. The van der Waals surface area contributed by atoms with Gasteiger partial charge in [0.25, 0.3) is 0 Å². The van der Waals surface area contributed by atoms with Crippen molar-refractivity contribution in [2.75, 3.05) is 11.9 Å². The van der Waals surface area contributed by atoms with Crippen molar-refractivity contribution in [1.82, 2.24) is 5.16 Å². The number of hydrogen-bond acceptors (Lipinski definition) is 3. The lowest BCUT2D eigenvalue weighted by Gasteiger charge is -2.00. The number of nitrogens with one attached hydrogen (secondary N) is 1. The Morgan fingerprint density at radius 1 is 1.18 bits per heavy atom. The Morgan fingerprint density at radius 3 is 2.82 bits per heavy atom. The molecule has 1 aliphatic rings. The van der Waals surface area contributed by atoms with E-state index in [2.05, 4.69) is 10.5 Å². The molecule has 88 valence electrons. The molecule has 0 atom stereocenters. The van der Waals surface area contributed by atoms with Crippen molar-refractivity contribution in [3.63, 3.8) is 0 Å². The predicted molar refractivity (Wildman–Crippen MR) is 63.3 cm³/mol. The van der Waals surface area contributed by atoms with E-state index in [4.69, 9.17) is 4.52 Å². The largest absolute Gasteiger partial charge is 0.354 e. The van der Waals surface area contributed by atoms with E-state index in [-0.39, 0.29) is 5.82 Å². The molecule has 0 saturated carbocycles. The van der Waals surface area contributed by atoms with E-state index in [0.717, 1.165) is 48.5 Å². The van der Waals surface area contributed by atoms with Crippen LogP contribution < -0.4 is 5.32 Å². The fraction of sp³-hybridized carbons (Fsp3) is 0.308. The fourth-order valence-corrected chi connectivity index (χ4v) is 2.14. The number of rotatable bonds is 1. The second-order valence-corrected chi connectivity index (χ2v) is 4.23. The number of fused-ring (bicyclic) bond motifs is 1. The van der Waals surface area contributed by atoms with Crippen molar-refractivity contribution < 1.29 is 8.91 Å². The first-order chi connectivity index (χ1) is 8.34. The summed E-state index contributed by atoms with van der Waals surface area (Å²) in [7, 11) is 0. The van der Waals surface area contributed by atoms with Crippen molar-refractivity contribution in [1.29, 1.82) is 0 Å². The lowest BCUT2D eigenvalue weighted by Crippen LogP contribution is -1.97. The lowest BCUT2D eigenvalue weighted by atomic mass is 10.0. The van der Waals surface area contributed by atoms with Crippen molar-refractivity contribution in [3.8, 4) is 11.3 Å². The Bertz CT molecular complexity index is 519. The van der Waals surface area contributed by atoms with Crippen LogP contribution in [-0.2, 0) is 6.42 Å². The highest BCUT2D eigenvalue weighted by atomic mass is 19.1. The zero-order chi connectivity index (χ0) is 11.7. The minimum atomic E-state index is -0.235. The quantitative estimate of drug-likeness (QED) is 0.820. The van der Waals surface area contributed by atoms with Crippen molar-refractivity contribution in [2.24, 2.45) is 0 Å². The van der Waals surface area contributed by atoms with E-state index < -0.39 is 0 Å². The van der Waals surface area contributed by atoms with Gasteiger partial charge in [0.2, 0.25) is 5.88 Å². The highest BCUT2D eigenvalue weighted by molar-refractivity contribution is 5.68. The summed E-state index contributed by atoms with van der Waals surface area (Å²) < 4.78 is 18.2. The summed E-state index contributed by atoms with van der Waals surface area (Å²) >= 11 is 0. The highest BCUT2D eigenvalue weighted by Crippen LogP contribution is 2.31. The smallest absolute Gasteiger partial charge is 0.228 e. The predicted octanol–water partition coefficient (Wildman–Crippen LogP) is 3.23. The topological polar surface area (TPSA) is 38.1 Å². The molecule has 1 aromatic carbocycles. The highest BCUT2D eigenvalue weighted by Gasteiger charge is 2.18. The minimum Gasteiger partial charge on any atom is -0.354 e. The molecule has 1 aromatic heterocycles. The van der Waals surface area contributed by atoms with E-state index in [1.807, 2.05) is 0 Å². The minimum absolute atomic E-state index is 0.235. The summed E-state index contributed by atoms with van der Waals surface area (Å²) in [5, 5.41) is 7.30. The van der Waals surface area contributed by atoms with Crippen LogP contribution in [0.4, 0.5) is 10.3 Å². The Labute approximate surface area is 98.6 Å². The van der Waals surface area contributed by atoms with Gasteiger partial charge in [-0.3, -0.25) is 0 Å². The van der Waals surface area contributed by atoms with Gasteiger partial charge in [-0.05, 0) is 43.5 Å². The number of nitrogens with zero attached hydrogens (tertiary/aromatic N) is 1. The van der Waals surface area contributed by atoms with Gasteiger partial charge in [0.05, 0.1) is 0 Å². The molecule has 3 rings (SSSR count). The molecule has 17 heavy (non-hydrogen) atoms. The maximum absolute atomic E-state index is 12.9. The summed E-state index contributed by atoms with van der Waals surface area (Å²) in [5.74, 6) is 0.531. The van der Waals surface area contributed by atoms with Crippen LogP contribution in [0.2, 0.25) is 0 Å². The Hall–Kier alpha value is -1.84. The molecule has 0 spiro atoms. The standard InChI is InChI=1S/C13H13FN2O/c14-10-6-4-9(5-7-10)12-11-3-1-2-8-15-13(11)17-16-12/h4-7,15H,1-3,8H2. The molecule has 0 aliphatic carbocycles. The van der Waals surface area contributed by atoms with Gasteiger partial charge in [-0.15, -0.1) is 0 Å². The van der Waals surface area contributed by atoms with Gasteiger partial charge in [-0.1, -0.05) is 5.16 Å². The second kappa shape index (κ2) is 4.20. The first-order valence-corrected chi connectivity index (χ1v) is 5.83. The first-order valence-electron chi connectivity index (χ1n) is 5.83. The van der Waals surface area contributed by atoms with Crippen molar-refractivity contribution in [2.45, 2.75) is 19.3 Å². The lowest BCUT2D eigenvalue weighted by molar-refractivity contribution is 0.434. The van der Waals surface area contributed by atoms with E-state index in [0.29, 0.717) is 0 Å². The van der Waals surface area contributed by atoms with Gasteiger partial charge < -0.3 is 9.84 Å². The number of benzene rings is 1. The summed E-state index contributed by atoms with van der Waals surface area (Å²) in [4.78, 5) is 0. The molecule has 4 heteroatoms. The molecule has 2 aromatic rings. The monoisotopic (exact) mass is 232 g/mol. The molecule has 3 nitrogen and oxygen atoms in total. The van der Waals surface area contributed by atoms with Gasteiger partial charge >= 0.3 is 0 Å². The summed E-state index contributed by atoms with van der Waals surface area (Å²) in [6, 6.07) is 6.36. The number of hydrogen-bond donors (Lipinski definition) is 1. The number of anilines is 1. The Kier molecular flexibility index (Phi) is 2.55. The van der Waals surface area contributed by atoms with Crippen LogP contribution >= 0.6 is 0 Å². The molecule has 0 radical (unpaired) electrons. The molecular weight excluding hydrogens is 219 g/mol. The number of aromatic nitrogens is 1. The fourth-order valence-electron chi connectivity index (χ4n) is 2.14. The van der Waals surface area contributed by atoms with Crippen LogP contribution in [0.5, 0.6) is 0 Å². The molecule has 0 saturated heterocycles. The van der Waals surface area contributed by atoms with Gasteiger partial charge in [-0.2, -0.15) is 0 Å². The molecule has 0 amide bonds. The van der Waals surface area contributed by atoms with Crippen LogP contribution in [-0.4, -0.2) is 11.7 Å². The van der Waals surface area contributed by atoms with Gasteiger partial charge in [-0.25, -0.2) is 4.39 Å². The van der Waals surface area contributed by atoms with Gasteiger partial charge in [0, 0.05) is 17.7 Å². The van der Waals surface area contributed by atoms with Crippen LogP contribution in [0.25, 0.3) is 11.3 Å². The van der Waals surface area contributed by atoms with Gasteiger partial charge in [0.15, 0.2) is 0 Å². The van der Waals surface area contributed by atoms with E-state index in [1.54, 1.807) is 12.1 Å². The molecule has 1 aliphatic heterocycles. The van der Waals surface area contributed by atoms with Crippen LogP contribution in [0.15, 0.2) is 28.8 Å².